The third-order valence-electron chi connectivity index (χ3n) is 4.90. The van der Waals surface area contributed by atoms with Crippen molar-refractivity contribution in [2.24, 2.45) is 0 Å². The lowest BCUT2D eigenvalue weighted by Gasteiger charge is -2.31. The number of carbonyl (C=O) groups is 2. The van der Waals surface area contributed by atoms with Crippen molar-refractivity contribution < 1.29 is 14.0 Å². The number of rotatable bonds is 9. The molecule has 0 fully saturated rings. The number of hydrogen-bond donors (Lipinski definition) is 1. The van der Waals surface area contributed by atoms with Gasteiger partial charge in [0.15, 0.2) is 0 Å². The molecule has 2 aromatic carbocycles. The number of carbonyl (C=O) groups excluding carboxylic acids is 2. The molecule has 0 heterocycles. The van der Waals surface area contributed by atoms with Gasteiger partial charge in [0.2, 0.25) is 11.8 Å². The Hall–Kier alpha value is -2.40. The average molecular weight is 419 g/mol. The van der Waals surface area contributed by atoms with Crippen molar-refractivity contribution >= 4 is 23.4 Å². The smallest absolute Gasteiger partial charge is 0.243 e. The third kappa shape index (κ3) is 6.86. The summed E-state index contributed by atoms with van der Waals surface area (Å²) >= 11 is 6.04. The lowest BCUT2D eigenvalue weighted by atomic mass is 10.1. The van der Waals surface area contributed by atoms with Crippen LogP contribution in [0.3, 0.4) is 0 Å². The molecule has 0 radical (unpaired) electrons. The molecule has 0 aromatic heterocycles. The van der Waals surface area contributed by atoms with E-state index in [9.17, 15) is 14.0 Å². The van der Waals surface area contributed by atoms with Gasteiger partial charge in [0.05, 0.1) is 6.42 Å². The van der Waals surface area contributed by atoms with Crippen molar-refractivity contribution in [3.8, 4) is 0 Å². The van der Waals surface area contributed by atoms with Crippen LogP contribution < -0.4 is 5.32 Å². The molecule has 1 N–H and O–H groups in total. The van der Waals surface area contributed by atoms with Crippen molar-refractivity contribution in [2.45, 2.75) is 58.7 Å². The van der Waals surface area contributed by atoms with Gasteiger partial charge < -0.3 is 10.2 Å². The second kappa shape index (κ2) is 11.0. The second-order valence-corrected chi connectivity index (χ2v) is 7.63. The fourth-order valence-electron chi connectivity index (χ4n) is 3.07. The molecule has 0 aliphatic carbocycles. The average Bonchev–Trinajstić information content (AvgIpc) is 2.69. The van der Waals surface area contributed by atoms with Gasteiger partial charge >= 0.3 is 0 Å². The lowest BCUT2D eigenvalue weighted by molar-refractivity contribution is -0.141. The van der Waals surface area contributed by atoms with Gasteiger partial charge in [-0.3, -0.25) is 9.59 Å². The second-order valence-electron chi connectivity index (χ2n) is 7.20. The summed E-state index contributed by atoms with van der Waals surface area (Å²) < 4.78 is 13.3. The normalized spacial score (nSPS) is 12.9. The van der Waals surface area contributed by atoms with Crippen molar-refractivity contribution in [1.29, 1.82) is 0 Å². The molecule has 0 aliphatic rings. The van der Waals surface area contributed by atoms with Gasteiger partial charge in [0, 0.05) is 17.6 Å². The number of nitrogens with zero attached hydrogens (tertiary/aromatic N) is 1. The molecule has 156 valence electrons. The minimum atomic E-state index is -0.610. The Labute approximate surface area is 177 Å². The van der Waals surface area contributed by atoms with Crippen LogP contribution in [0.4, 0.5) is 4.39 Å². The van der Waals surface area contributed by atoms with Gasteiger partial charge in [-0.1, -0.05) is 49.7 Å². The highest BCUT2D eigenvalue weighted by Gasteiger charge is 2.29. The van der Waals surface area contributed by atoms with Crippen LogP contribution in [0.2, 0.25) is 5.02 Å². The van der Waals surface area contributed by atoms with E-state index in [1.165, 1.54) is 12.1 Å². The molecule has 0 spiro atoms. The number of amides is 2. The van der Waals surface area contributed by atoms with Crippen LogP contribution in [0, 0.1) is 5.82 Å². The van der Waals surface area contributed by atoms with E-state index >= 15 is 0 Å². The predicted molar refractivity (Wildman–Crippen MR) is 114 cm³/mol. The molecule has 2 rings (SSSR count). The maximum absolute atomic E-state index is 13.3. The Balaban J connectivity index is 2.28. The summed E-state index contributed by atoms with van der Waals surface area (Å²) in [6.45, 7) is 6.03. The van der Waals surface area contributed by atoms with Gasteiger partial charge in [-0.05, 0) is 55.2 Å². The first-order chi connectivity index (χ1) is 13.8. The number of benzene rings is 2. The highest BCUT2D eigenvalue weighted by atomic mass is 35.5. The molecule has 2 atom stereocenters. The largest absolute Gasteiger partial charge is 0.352 e. The van der Waals surface area contributed by atoms with Crippen molar-refractivity contribution in [3.05, 3.63) is 70.5 Å². The summed E-state index contributed by atoms with van der Waals surface area (Å²) in [7, 11) is 0. The summed E-state index contributed by atoms with van der Waals surface area (Å²) in [4.78, 5) is 27.6. The molecule has 2 amide bonds. The Morgan fingerprint density at radius 2 is 1.76 bits per heavy atom. The first-order valence-corrected chi connectivity index (χ1v) is 10.3. The molecule has 0 aliphatic heterocycles. The minimum Gasteiger partial charge on any atom is -0.352 e. The zero-order chi connectivity index (χ0) is 21.4. The van der Waals surface area contributed by atoms with Crippen molar-refractivity contribution in [3.63, 3.8) is 0 Å². The van der Waals surface area contributed by atoms with Crippen LogP contribution in [0.5, 0.6) is 0 Å². The topological polar surface area (TPSA) is 49.4 Å². The van der Waals surface area contributed by atoms with Gasteiger partial charge in [-0.25, -0.2) is 4.39 Å². The Bertz CT molecular complexity index is 826. The van der Waals surface area contributed by atoms with E-state index < -0.39 is 6.04 Å². The number of hydrogen-bond acceptors (Lipinski definition) is 2. The fourth-order valence-corrected chi connectivity index (χ4v) is 3.28. The first-order valence-electron chi connectivity index (χ1n) is 9.92. The van der Waals surface area contributed by atoms with E-state index in [2.05, 4.69) is 5.32 Å². The van der Waals surface area contributed by atoms with Crippen LogP contribution in [-0.4, -0.2) is 28.8 Å². The zero-order valence-electron chi connectivity index (χ0n) is 17.1. The molecule has 2 aromatic rings. The van der Waals surface area contributed by atoms with Crippen LogP contribution in [0.25, 0.3) is 0 Å². The molecule has 0 unspecified atom stereocenters. The molecule has 0 bridgehead atoms. The van der Waals surface area contributed by atoms with E-state index in [4.69, 9.17) is 11.6 Å². The molecule has 0 saturated heterocycles. The summed E-state index contributed by atoms with van der Waals surface area (Å²) in [6, 6.07) is 12.5. The maximum Gasteiger partial charge on any atom is 0.243 e. The van der Waals surface area contributed by atoms with Crippen LogP contribution in [-0.2, 0) is 22.6 Å². The minimum absolute atomic E-state index is 0.0206. The molecular formula is C23H28ClFN2O2. The Morgan fingerprint density at radius 3 is 2.34 bits per heavy atom. The summed E-state index contributed by atoms with van der Waals surface area (Å²) in [5.74, 6) is -0.696. The quantitative estimate of drug-likeness (QED) is 0.639. The Morgan fingerprint density at radius 1 is 1.07 bits per heavy atom. The molecule has 4 nitrogen and oxygen atoms in total. The summed E-state index contributed by atoms with van der Waals surface area (Å²) in [6.07, 6.45) is 1.41. The predicted octanol–water partition coefficient (Wildman–Crippen LogP) is 4.74. The van der Waals surface area contributed by atoms with Crippen LogP contribution in [0.15, 0.2) is 48.5 Å². The number of halogens is 2. The fraction of sp³-hybridized carbons (Fsp3) is 0.391. The lowest BCUT2D eigenvalue weighted by Crippen LogP contribution is -2.51. The summed E-state index contributed by atoms with van der Waals surface area (Å²) in [5, 5.41) is 3.53. The maximum atomic E-state index is 13.3. The molecule has 0 saturated carbocycles. The third-order valence-corrected chi connectivity index (χ3v) is 5.13. The molecular weight excluding hydrogens is 391 g/mol. The van der Waals surface area contributed by atoms with Crippen molar-refractivity contribution in [1.82, 2.24) is 10.2 Å². The number of nitrogens with one attached hydrogen (secondary N) is 1. The zero-order valence-corrected chi connectivity index (χ0v) is 17.9. The highest BCUT2D eigenvalue weighted by Crippen LogP contribution is 2.17. The van der Waals surface area contributed by atoms with Crippen molar-refractivity contribution in [2.75, 3.05) is 0 Å². The highest BCUT2D eigenvalue weighted by molar-refractivity contribution is 6.30. The molecule has 29 heavy (non-hydrogen) atoms. The first kappa shape index (κ1) is 22.9. The van der Waals surface area contributed by atoms with Gasteiger partial charge in [0.1, 0.15) is 11.9 Å². The summed E-state index contributed by atoms with van der Waals surface area (Å²) in [5.41, 5.74) is 1.55. The van der Waals surface area contributed by atoms with E-state index in [0.717, 1.165) is 17.5 Å². The SMILES string of the molecule is CC[C@@H](C)NC(=O)[C@H](CC)N(Cc1ccc(F)cc1)C(=O)Cc1cccc(Cl)c1. The van der Waals surface area contributed by atoms with Gasteiger partial charge in [0.25, 0.3) is 0 Å². The van der Waals surface area contributed by atoms with E-state index in [1.54, 1.807) is 35.2 Å². The monoisotopic (exact) mass is 418 g/mol. The Kier molecular flexibility index (Phi) is 8.65. The van der Waals surface area contributed by atoms with E-state index in [1.807, 2.05) is 26.8 Å². The van der Waals surface area contributed by atoms with Crippen LogP contribution >= 0.6 is 11.6 Å². The van der Waals surface area contributed by atoms with E-state index in [-0.39, 0.29) is 36.6 Å². The van der Waals surface area contributed by atoms with Gasteiger partial charge in [-0.2, -0.15) is 0 Å². The van der Waals surface area contributed by atoms with E-state index in [0.29, 0.717) is 11.4 Å². The standard InChI is InChI=1S/C23H28ClFN2O2/c1-4-16(3)26-23(29)21(5-2)27(15-17-9-11-20(25)12-10-17)22(28)14-18-7-6-8-19(24)13-18/h6-13,16,21H,4-5,14-15H2,1-3H3,(H,26,29)/t16-,21+/m1/s1. The van der Waals surface area contributed by atoms with Crippen LogP contribution in [0.1, 0.15) is 44.7 Å². The van der Waals surface area contributed by atoms with Gasteiger partial charge in [-0.15, -0.1) is 0 Å². The molecule has 6 heteroatoms.